The van der Waals surface area contributed by atoms with Gasteiger partial charge in [0.05, 0.1) is 52.1 Å². The molecular formula is C56H50N6O9. The Morgan fingerprint density at radius 3 is 1.37 bits per heavy atom. The first kappa shape index (κ1) is 51.1. The van der Waals surface area contributed by atoms with E-state index in [0.29, 0.717) is 76.4 Å². The number of aromatic carboxylic acids is 1. The Morgan fingerprint density at radius 1 is 0.577 bits per heavy atom. The minimum Gasteiger partial charge on any atom is -0.489 e. The van der Waals surface area contributed by atoms with E-state index in [2.05, 4.69) is 17.5 Å². The Kier molecular flexibility index (Phi) is 17.7. The molecule has 1 aliphatic rings. The van der Waals surface area contributed by atoms with Gasteiger partial charge in [-0.15, -0.1) is 0 Å². The highest BCUT2D eigenvalue weighted by atomic mass is 16.6. The molecule has 0 atom stereocenters. The zero-order valence-corrected chi connectivity index (χ0v) is 39.4. The van der Waals surface area contributed by atoms with Gasteiger partial charge in [0.1, 0.15) is 53.3 Å². The van der Waals surface area contributed by atoms with Gasteiger partial charge in [0.15, 0.2) is 0 Å². The maximum Gasteiger partial charge on any atom is 0.407 e. The minimum absolute atomic E-state index is 0.00444. The molecule has 1 aliphatic heterocycles. The zero-order chi connectivity index (χ0) is 50.8. The quantitative estimate of drug-likeness (QED) is 0.0977. The molecule has 358 valence electrons. The number of likely N-dealkylation sites (tertiary alicyclic amines) is 1. The van der Waals surface area contributed by atoms with Crippen LogP contribution in [0, 0.1) is 51.2 Å². The highest BCUT2D eigenvalue weighted by molar-refractivity contribution is 5.95. The van der Waals surface area contributed by atoms with Crippen LogP contribution >= 0.6 is 0 Å². The number of nitriles is 4. The number of carbonyl (C=O) groups is 3. The molecule has 0 aromatic heterocycles. The van der Waals surface area contributed by atoms with E-state index < -0.39 is 17.7 Å². The Bertz CT molecular complexity index is 2810. The monoisotopic (exact) mass is 950 g/mol. The molecular weight excluding hydrogens is 901 g/mol. The second-order valence-electron chi connectivity index (χ2n) is 17.3. The molecule has 0 aliphatic carbocycles. The number of carbonyl (C=O) groups excluding carboxylic acids is 2. The van der Waals surface area contributed by atoms with Crippen molar-refractivity contribution in [2.45, 2.75) is 58.8 Å². The second-order valence-corrected chi connectivity index (χ2v) is 17.3. The summed E-state index contributed by atoms with van der Waals surface area (Å²) in [5, 5.41) is 47.9. The maximum absolute atomic E-state index is 13.6. The van der Waals surface area contributed by atoms with Crippen molar-refractivity contribution in [1.82, 2.24) is 10.2 Å². The molecule has 15 heteroatoms. The van der Waals surface area contributed by atoms with Crippen LogP contribution in [0.15, 0.2) is 133 Å². The maximum atomic E-state index is 13.6. The van der Waals surface area contributed by atoms with Crippen molar-refractivity contribution in [1.29, 1.82) is 21.0 Å². The number of rotatable bonds is 15. The van der Waals surface area contributed by atoms with E-state index in [1.807, 2.05) is 62.1 Å². The normalized spacial score (nSPS) is 12.0. The van der Waals surface area contributed by atoms with Crippen molar-refractivity contribution >= 4 is 18.0 Å². The summed E-state index contributed by atoms with van der Waals surface area (Å²) < 4.78 is 28.8. The van der Waals surface area contributed by atoms with Gasteiger partial charge in [-0.1, -0.05) is 24.3 Å². The second kappa shape index (κ2) is 24.6. The number of hydrogen-bond donors (Lipinski definition) is 2. The highest BCUT2D eigenvalue weighted by Crippen LogP contribution is 2.32. The molecule has 71 heavy (non-hydrogen) atoms. The molecule has 1 heterocycles. The summed E-state index contributed by atoms with van der Waals surface area (Å²) in [7, 11) is 0. The van der Waals surface area contributed by atoms with Gasteiger partial charge in [0.2, 0.25) is 0 Å². The lowest BCUT2D eigenvalue weighted by atomic mass is 9.93. The molecule has 1 saturated heterocycles. The van der Waals surface area contributed by atoms with E-state index in [4.69, 9.17) is 44.7 Å². The number of nitrogens with zero attached hydrogens (tertiary/aromatic N) is 5. The number of piperidine rings is 1. The topological polar surface area (TPSA) is 228 Å². The Balaban J connectivity index is 0.000000261. The fraction of sp³-hybridized carbons (Fsp3) is 0.232. The average Bonchev–Trinajstić information content (AvgIpc) is 3.37. The molecule has 2 amide bonds. The minimum atomic E-state index is -1.12. The van der Waals surface area contributed by atoms with Crippen molar-refractivity contribution in [3.8, 4) is 58.8 Å². The van der Waals surface area contributed by atoms with Crippen LogP contribution in [-0.4, -0.2) is 53.2 Å². The summed E-state index contributed by atoms with van der Waals surface area (Å²) in [5.41, 5.74) is 3.86. The molecule has 15 nitrogen and oxygen atoms in total. The number of amides is 2. The number of hydrogen-bond acceptors (Lipinski definition) is 12. The van der Waals surface area contributed by atoms with Crippen LogP contribution in [0.4, 0.5) is 4.79 Å². The van der Waals surface area contributed by atoms with Crippen LogP contribution in [0.5, 0.6) is 34.5 Å². The van der Waals surface area contributed by atoms with Gasteiger partial charge in [0, 0.05) is 37.3 Å². The lowest BCUT2D eigenvalue weighted by molar-refractivity contribution is 0.0521. The third-order valence-electron chi connectivity index (χ3n) is 10.8. The third-order valence-corrected chi connectivity index (χ3v) is 10.8. The Morgan fingerprint density at radius 2 is 0.972 bits per heavy atom. The van der Waals surface area contributed by atoms with Crippen LogP contribution in [-0.2, 0) is 18.0 Å². The summed E-state index contributed by atoms with van der Waals surface area (Å²) in [5.74, 6) is 1.67. The van der Waals surface area contributed by atoms with E-state index >= 15 is 0 Å². The SMILES string of the molecule is CC(C)(C)OC(=O)NCCC1CCN(C(=O)c2cc(OCc3ccc(C#N)cc3)cc(OCc3ccc(C#N)cc3)c2)CC1.N#Cc1ccc(Oc2cc(Oc3ccc(C#N)cc3)cc(C(=O)O)c2)cc1. The van der Waals surface area contributed by atoms with Crippen molar-refractivity contribution in [2.24, 2.45) is 5.92 Å². The van der Waals surface area contributed by atoms with Gasteiger partial charge in [0.25, 0.3) is 5.91 Å². The van der Waals surface area contributed by atoms with E-state index in [-0.39, 0.29) is 36.2 Å². The number of carboxylic acid groups (broad SMARTS) is 1. The number of carboxylic acids is 1. The zero-order valence-electron chi connectivity index (χ0n) is 39.4. The summed E-state index contributed by atoms with van der Waals surface area (Å²) in [6.07, 6.45) is 2.11. The van der Waals surface area contributed by atoms with Crippen LogP contribution in [0.2, 0.25) is 0 Å². The molecule has 0 spiro atoms. The first-order valence-electron chi connectivity index (χ1n) is 22.6. The number of ether oxygens (including phenoxy) is 5. The van der Waals surface area contributed by atoms with Crippen LogP contribution in [0.25, 0.3) is 0 Å². The van der Waals surface area contributed by atoms with E-state index in [1.165, 1.54) is 12.1 Å². The molecule has 0 saturated carbocycles. The summed E-state index contributed by atoms with van der Waals surface area (Å²) in [6, 6.07) is 45.0. The van der Waals surface area contributed by atoms with Gasteiger partial charge < -0.3 is 39.0 Å². The lowest BCUT2D eigenvalue weighted by Crippen LogP contribution is -2.39. The van der Waals surface area contributed by atoms with E-state index in [1.54, 1.807) is 97.1 Å². The lowest BCUT2D eigenvalue weighted by Gasteiger charge is -2.32. The Labute approximate surface area is 412 Å². The number of benzene rings is 6. The Hall–Kier alpha value is -9.31. The van der Waals surface area contributed by atoms with Gasteiger partial charge >= 0.3 is 12.1 Å². The predicted molar refractivity (Wildman–Crippen MR) is 261 cm³/mol. The molecule has 0 radical (unpaired) electrons. The highest BCUT2D eigenvalue weighted by Gasteiger charge is 2.25. The van der Waals surface area contributed by atoms with Crippen molar-refractivity contribution in [2.75, 3.05) is 19.6 Å². The summed E-state index contributed by atoms with van der Waals surface area (Å²) in [6.45, 7) is 7.80. The van der Waals surface area contributed by atoms with Crippen molar-refractivity contribution in [3.05, 3.63) is 178 Å². The first-order chi connectivity index (χ1) is 34.2. The van der Waals surface area contributed by atoms with Gasteiger partial charge in [-0.2, -0.15) is 21.0 Å². The molecule has 2 N–H and O–H groups in total. The predicted octanol–water partition coefficient (Wildman–Crippen LogP) is 11.1. The van der Waals surface area contributed by atoms with Crippen LogP contribution in [0.1, 0.15) is 94.1 Å². The van der Waals surface area contributed by atoms with Gasteiger partial charge in [-0.3, -0.25) is 4.79 Å². The van der Waals surface area contributed by atoms with E-state index in [9.17, 15) is 19.5 Å². The van der Waals surface area contributed by atoms with Crippen molar-refractivity contribution in [3.63, 3.8) is 0 Å². The fourth-order valence-electron chi connectivity index (χ4n) is 7.13. The largest absolute Gasteiger partial charge is 0.489 e. The summed E-state index contributed by atoms with van der Waals surface area (Å²) >= 11 is 0. The van der Waals surface area contributed by atoms with Gasteiger partial charge in [-0.05, 0) is 154 Å². The summed E-state index contributed by atoms with van der Waals surface area (Å²) in [4.78, 5) is 38.8. The van der Waals surface area contributed by atoms with E-state index in [0.717, 1.165) is 30.4 Å². The standard InChI is InChI=1S/C35H38N4O5.C21H12N2O4/c1-35(2,3)44-34(41)38-15-12-25-13-16-39(17-14-25)33(40)30-18-31(42-23-28-8-4-26(21-36)5-9-28)20-32(19-30)43-24-29-10-6-27(22-37)7-11-29;22-12-14-1-5-17(6-2-14)26-19-9-16(21(24)25)10-20(11-19)27-18-7-3-15(13-23)4-8-18/h4-11,18-20,25H,12-17,23-24H2,1-3H3,(H,38,41);1-11H,(H,24,25). The molecule has 7 rings (SSSR count). The number of nitrogens with one attached hydrogen (secondary N) is 1. The third kappa shape index (κ3) is 16.2. The van der Waals surface area contributed by atoms with Crippen LogP contribution in [0.3, 0.4) is 0 Å². The molecule has 6 aromatic carbocycles. The molecule has 1 fully saturated rings. The smallest absolute Gasteiger partial charge is 0.407 e. The van der Waals surface area contributed by atoms with Crippen LogP contribution < -0.4 is 24.3 Å². The average molecular weight is 951 g/mol. The molecule has 6 aromatic rings. The number of alkyl carbamates (subject to hydrolysis) is 1. The van der Waals surface area contributed by atoms with Crippen molar-refractivity contribution < 1.29 is 43.2 Å². The fourth-order valence-corrected chi connectivity index (χ4v) is 7.13. The first-order valence-corrected chi connectivity index (χ1v) is 22.6. The van der Waals surface area contributed by atoms with Gasteiger partial charge in [-0.25, -0.2) is 9.59 Å². The molecule has 0 unspecified atom stereocenters. The molecule has 0 bridgehead atoms.